The average Bonchev–Trinajstić information content (AvgIpc) is 2.89. The minimum absolute atomic E-state index is 0.157. The first kappa shape index (κ1) is 29.2. The van der Waals surface area contributed by atoms with Crippen LogP contribution in [-0.2, 0) is 20.4 Å². The molecule has 1 amide bonds. The normalized spacial score (nSPS) is 12.4. The summed E-state index contributed by atoms with van der Waals surface area (Å²) in [6.45, 7) is 11.9. The van der Waals surface area contributed by atoms with Crippen LogP contribution in [0.5, 0.6) is 0 Å². The third-order valence-electron chi connectivity index (χ3n) is 6.27. The van der Waals surface area contributed by atoms with E-state index in [0.29, 0.717) is 11.1 Å². The van der Waals surface area contributed by atoms with Crippen LogP contribution in [0, 0.1) is 10.1 Å². The van der Waals surface area contributed by atoms with E-state index in [1.54, 1.807) is 30.3 Å². The summed E-state index contributed by atoms with van der Waals surface area (Å²) in [6.07, 6.45) is -1.34. The van der Waals surface area contributed by atoms with Gasteiger partial charge in [-0.1, -0.05) is 77.9 Å². The van der Waals surface area contributed by atoms with Crippen molar-refractivity contribution in [2.75, 3.05) is 6.54 Å². The Labute approximate surface area is 228 Å². The molecule has 204 valence electrons. The zero-order valence-electron chi connectivity index (χ0n) is 23.1. The van der Waals surface area contributed by atoms with Crippen molar-refractivity contribution >= 4 is 23.3 Å². The van der Waals surface area contributed by atoms with Crippen molar-refractivity contribution in [1.29, 1.82) is 0 Å². The summed E-state index contributed by atoms with van der Waals surface area (Å²) in [5.74, 6) is -1.75. The second-order valence-corrected chi connectivity index (χ2v) is 11.4. The Morgan fingerprint density at radius 3 is 1.85 bits per heavy atom. The zero-order chi connectivity index (χ0) is 29.0. The van der Waals surface area contributed by atoms with E-state index < -0.39 is 35.2 Å². The Morgan fingerprint density at radius 2 is 1.36 bits per heavy atom. The van der Waals surface area contributed by atoms with E-state index in [9.17, 15) is 24.5 Å². The Bertz CT molecular complexity index is 1330. The molecule has 0 unspecified atom stereocenters. The fourth-order valence-electron chi connectivity index (χ4n) is 3.85. The molecule has 3 aromatic carbocycles. The predicted octanol–water partition coefficient (Wildman–Crippen LogP) is 6.09. The van der Waals surface area contributed by atoms with E-state index in [1.807, 2.05) is 12.1 Å². The number of nitrogens with zero attached hydrogens (tertiary/aromatic N) is 1. The maximum absolute atomic E-state index is 13.2. The van der Waals surface area contributed by atoms with Crippen molar-refractivity contribution in [2.45, 2.75) is 58.5 Å². The molecule has 8 nitrogen and oxygen atoms in total. The summed E-state index contributed by atoms with van der Waals surface area (Å²) in [5.41, 5.74) is 2.47. The van der Waals surface area contributed by atoms with Gasteiger partial charge in [-0.05, 0) is 46.2 Å². The standard InChI is InChI=1S/C31H34N2O6/c1-30(2,3)23-16-22(17-24(18-23)31(4,5)6)29(36)32-19-26(34)39-28(27(35)20-10-8-7-9-11-20)21-12-14-25(15-13-21)33(37)38/h7-18,28H,19H2,1-6H3,(H,32,36)/t28-/m1/s1. The van der Waals surface area contributed by atoms with E-state index in [0.717, 1.165) is 11.1 Å². The molecule has 0 radical (unpaired) electrons. The van der Waals surface area contributed by atoms with Gasteiger partial charge in [-0.25, -0.2) is 0 Å². The number of hydrogen-bond donors (Lipinski definition) is 1. The summed E-state index contributed by atoms with van der Waals surface area (Å²) < 4.78 is 5.52. The van der Waals surface area contributed by atoms with Crippen LogP contribution < -0.4 is 5.32 Å². The van der Waals surface area contributed by atoms with Crippen LogP contribution in [0.1, 0.15) is 85.1 Å². The highest BCUT2D eigenvalue weighted by atomic mass is 16.6. The molecule has 1 atom stereocenters. The van der Waals surface area contributed by atoms with Crippen molar-refractivity contribution < 1.29 is 24.0 Å². The van der Waals surface area contributed by atoms with Gasteiger partial charge in [0, 0.05) is 28.8 Å². The lowest BCUT2D eigenvalue weighted by Crippen LogP contribution is -2.33. The molecule has 1 N–H and O–H groups in total. The van der Waals surface area contributed by atoms with E-state index in [1.165, 1.54) is 24.3 Å². The SMILES string of the molecule is CC(C)(C)c1cc(C(=O)NCC(=O)O[C@@H](C(=O)c2ccccc2)c2ccc([N+](=O)[O-])cc2)cc(C(C)(C)C)c1. The number of amides is 1. The first-order chi connectivity index (χ1) is 18.2. The number of nitro groups is 1. The van der Waals surface area contributed by atoms with Gasteiger partial charge in [-0.3, -0.25) is 24.5 Å². The van der Waals surface area contributed by atoms with E-state index in [4.69, 9.17) is 4.74 Å². The molecular weight excluding hydrogens is 496 g/mol. The second kappa shape index (κ2) is 11.6. The Morgan fingerprint density at radius 1 is 0.821 bits per heavy atom. The number of esters is 1. The highest BCUT2D eigenvalue weighted by molar-refractivity contribution is 6.01. The Kier molecular flexibility index (Phi) is 8.69. The van der Waals surface area contributed by atoms with Gasteiger partial charge in [0.1, 0.15) is 6.54 Å². The fraction of sp³-hybridized carbons (Fsp3) is 0.323. The number of Topliss-reactive ketones (excluding diaryl/α,β-unsaturated/α-hetero) is 1. The zero-order valence-corrected chi connectivity index (χ0v) is 23.1. The topological polar surface area (TPSA) is 116 Å². The maximum Gasteiger partial charge on any atom is 0.326 e. The number of benzene rings is 3. The molecule has 0 spiro atoms. The van der Waals surface area contributed by atoms with Gasteiger partial charge < -0.3 is 10.1 Å². The van der Waals surface area contributed by atoms with Crippen LogP contribution in [0.25, 0.3) is 0 Å². The number of hydrogen-bond acceptors (Lipinski definition) is 6. The summed E-state index contributed by atoms with van der Waals surface area (Å²) in [4.78, 5) is 49.6. The number of nitro benzene ring substituents is 1. The van der Waals surface area contributed by atoms with E-state index >= 15 is 0 Å². The maximum atomic E-state index is 13.2. The molecule has 0 aromatic heterocycles. The third-order valence-corrected chi connectivity index (χ3v) is 6.27. The lowest BCUT2D eigenvalue weighted by atomic mass is 9.79. The number of nitrogens with one attached hydrogen (secondary N) is 1. The molecule has 39 heavy (non-hydrogen) atoms. The monoisotopic (exact) mass is 530 g/mol. The highest BCUT2D eigenvalue weighted by Crippen LogP contribution is 2.30. The van der Waals surface area contributed by atoms with Crippen LogP contribution >= 0.6 is 0 Å². The predicted molar refractivity (Wildman–Crippen MR) is 149 cm³/mol. The van der Waals surface area contributed by atoms with Crippen LogP contribution in [0.4, 0.5) is 5.69 Å². The molecule has 0 aliphatic heterocycles. The first-order valence-electron chi connectivity index (χ1n) is 12.6. The average molecular weight is 531 g/mol. The number of carbonyl (C=O) groups is 3. The van der Waals surface area contributed by atoms with Gasteiger partial charge in [0.15, 0.2) is 6.10 Å². The summed E-state index contributed by atoms with van der Waals surface area (Å²) in [5, 5.41) is 13.6. The third kappa shape index (κ3) is 7.60. The Balaban J connectivity index is 1.81. The van der Waals surface area contributed by atoms with Crippen molar-refractivity contribution in [2.24, 2.45) is 0 Å². The molecule has 0 saturated heterocycles. The smallest absolute Gasteiger partial charge is 0.326 e. The minimum atomic E-state index is -1.34. The quantitative estimate of drug-likeness (QED) is 0.163. The molecule has 8 heteroatoms. The van der Waals surface area contributed by atoms with Gasteiger partial charge >= 0.3 is 5.97 Å². The van der Waals surface area contributed by atoms with Crippen molar-refractivity contribution in [3.05, 3.63) is 111 Å². The van der Waals surface area contributed by atoms with Crippen LogP contribution in [-0.4, -0.2) is 29.1 Å². The number of carbonyl (C=O) groups excluding carboxylic acids is 3. The van der Waals surface area contributed by atoms with Gasteiger partial charge in [0.2, 0.25) is 5.78 Å². The lowest BCUT2D eigenvalue weighted by molar-refractivity contribution is -0.384. The van der Waals surface area contributed by atoms with Gasteiger partial charge in [0.05, 0.1) is 4.92 Å². The van der Waals surface area contributed by atoms with Crippen molar-refractivity contribution in [3.8, 4) is 0 Å². The van der Waals surface area contributed by atoms with E-state index in [-0.39, 0.29) is 22.1 Å². The van der Waals surface area contributed by atoms with E-state index in [2.05, 4.69) is 52.9 Å². The molecule has 0 fully saturated rings. The molecule has 0 saturated carbocycles. The number of non-ortho nitro benzene ring substituents is 1. The first-order valence-corrected chi connectivity index (χ1v) is 12.6. The number of ether oxygens (including phenoxy) is 1. The molecule has 0 heterocycles. The van der Waals surface area contributed by atoms with Crippen molar-refractivity contribution in [3.63, 3.8) is 0 Å². The molecule has 0 bridgehead atoms. The Hall–Kier alpha value is -4.33. The van der Waals surface area contributed by atoms with Gasteiger partial charge in [-0.15, -0.1) is 0 Å². The molecule has 0 aliphatic carbocycles. The largest absolute Gasteiger partial charge is 0.448 e. The van der Waals surface area contributed by atoms with Gasteiger partial charge in [-0.2, -0.15) is 0 Å². The molecule has 3 aromatic rings. The summed E-state index contributed by atoms with van der Waals surface area (Å²) >= 11 is 0. The van der Waals surface area contributed by atoms with Crippen molar-refractivity contribution in [1.82, 2.24) is 5.32 Å². The van der Waals surface area contributed by atoms with Crippen LogP contribution in [0.3, 0.4) is 0 Å². The fourth-order valence-corrected chi connectivity index (χ4v) is 3.85. The van der Waals surface area contributed by atoms with Crippen LogP contribution in [0.2, 0.25) is 0 Å². The number of rotatable bonds is 8. The lowest BCUT2D eigenvalue weighted by Gasteiger charge is -2.26. The summed E-state index contributed by atoms with van der Waals surface area (Å²) in [6, 6.07) is 19.2. The van der Waals surface area contributed by atoms with Crippen LogP contribution in [0.15, 0.2) is 72.8 Å². The number of ketones is 1. The highest BCUT2D eigenvalue weighted by Gasteiger charge is 2.27. The molecule has 0 aliphatic rings. The second-order valence-electron chi connectivity index (χ2n) is 11.4. The van der Waals surface area contributed by atoms with Gasteiger partial charge in [0.25, 0.3) is 11.6 Å². The summed E-state index contributed by atoms with van der Waals surface area (Å²) in [7, 11) is 0. The molecular formula is C31H34N2O6. The minimum Gasteiger partial charge on any atom is -0.448 e. The molecule has 3 rings (SSSR count).